The third-order valence-electron chi connectivity index (χ3n) is 2.60. The number of nitrogens with one attached hydrogen (secondary N) is 1. The van der Waals surface area contributed by atoms with E-state index >= 15 is 0 Å². The van der Waals surface area contributed by atoms with Crippen LogP contribution in [0.25, 0.3) is 0 Å². The van der Waals surface area contributed by atoms with E-state index in [0.717, 1.165) is 16.2 Å². The van der Waals surface area contributed by atoms with Crippen molar-refractivity contribution < 1.29 is 0 Å². The molecule has 0 bridgehead atoms. The molecule has 1 aromatic heterocycles. The molecular weight excluding hydrogens is 266 g/mol. The van der Waals surface area contributed by atoms with Crippen LogP contribution in [-0.2, 0) is 0 Å². The molecule has 16 heavy (non-hydrogen) atoms. The Bertz CT molecular complexity index is 350. The zero-order valence-corrected chi connectivity index (χ0v) is 12.2. The van der Waals surface area contributed by atoms with E-state index in [1.54, 1.807) is 0 Å². The van der Waals surface area contributed by atoms with Gasteiger partial charge < -0.3 is 5.32 Å². The molecule has 1 aromatic rings. The Labute approximate surface area is 106 Å². The molecule has 1 unspecified atom stereocenters. The van der Waals surface area contributed by atoms with E-state index in [1.807, 2.05) is 6.07 Å². The van der Waals surface area contributed by atoms with Crippen molar-refractivity contribution in [1.82, 2.24) is 9.97 Å². The molecule has 0 aliphatic heterocycles. The summed E-state index contributed by atoms with van der Waals surface area (Å²) in [6, 6.07) is 2.33. The fraction of sp³-hybridized carbons (Fsp3) is 0.667. The van der Waals surface area contributed by atoms with Crippen LogP contribution in [0.3, 0.4) is 0 Å². The topological polar surface area (TPSA) is 37.8 Å². The highest BCUT2D eigenvalue weighted by Gasteiger charge is 2.10. The highest BCUT2D eigenvalue weighted by Crippen LogP contribution is 2.18. The Morgan fingerprint density at radius 1 is 1.12 bits per heavy atom. The van der Waals surface area contributed by atoms with Gasteiger partial charge in [0.25, 0.3) is 0 Å². The minimum Gasteiger partial charge on any atom is -0.367 e. The van der Waals surface area contributed by atoms with Crippen molar-refractivity contribution >= 4 is 21.7 Å². The SMILES string of the molecule is CC(C)c1nc(Br)cc(NC(C)C(C)C)n1. The summed E-state index contributed by atoms with van der Waals surface area (Å²) >= 11 is 3.42. The summed E-state index contributed by atoms with van der Waals surface area (Å²) in [5.41, 5.74) is 0. The number of hydrogen-bond donors (Lipinski definition) is 1. The number of rotatable bonds is 4. The van der Waals surface area contributed by atoms with Crippen molar-refractivity contribution in [2.75, 3.05) is 5.32 Å². The number of halogens is 1. The highest BCUT2D eigenvalue weighted by atomic mass is 79.9. The molecule has 1 N–H and O–H groups in total. The first-order valence-corrected chi connectivity index (χ1v) is 6.50. The minimum absolute atomic E-state index is 0.340. The van der Waals surface area contributed by atoms with E-state index in [4.69, 9.17) is 0 Å². The van der Waals surface area contributed by atoms with Crippen LogP contribution in [0.1, 0.15) is 46.4 Å². The molecule has 0 spiro atoms. The summed E-state index contributed by atoms with van der Waals surface area (Å²) < 4.78 is 0.838. The Kier molecular flexibility index (Phi) is 4.71. The largest absolute Gasteiger partial charge is 0.367 e. The number of aromatic nitrogens is 2. The summed E-state index contributed by atoms with van der Waals surface area (Å²) in [7, 11) is 0. The summed E-state index contributed by atoms with van der Waals surface area (Å²) in [6.07, 6.45) is 0. The normalized spacial score (nSPS) is 13.2. The Morgan fingerprint density at radius 3 is 2.25 bits per heavy atom. The van der Waals surface area contributed by atoms with Crippen LogP contribution in [0, 0.1) is 5.92 Å². The molecule has 0 aliphatic rings. The Balaban J connectivity index is 2.88. The maximum atomic E-state index is 4.50. The van der Waals surface area contributed by atoms with E-state index in [-0.39, 0.29) is 0 Å². The summed E-state index contributed by atoms with van der Waals surface area (Å²) in [5.74, 6) is 2.68. The molecule has 90 valence electrons. The summed E-state index contributed by atoms with van der Waals surface area (Å²) in [5, 5.41) is 3.40. The van der Waals surface area contributed by atoms with Crippen molar-refractivity contribution in [3.05, 3.63) is 16.5 Å². The first-order valence-electron chi connectivity index (χ1n) is 5.71. The van der Waals surface area contributed by atoms with Crippen LogP contribution in [0.15, 0.2) is 10.7 Å². The second-order valence-electron chi connectivity index (χ2n) is 4.77. The molecule has 0 saturated heterocycles. The predicted molar refractivity (Wildman–Crippen MR) is 71.7 cm³/mol. The first kappa shape index (κ1) is 13.4. The van der Waals surface area contributed by atoms with Gasteiger partial charge in [0.2, 0.25) is 0 Å². The van der Waals surface area contributed by atoms with E-state index < -0.39 is 0 Å². The molecule has 1 rings (SSSR count). The fourth-order valence-electron chi connectivity index (χ4n) is 1.17. The minimum atomic E-state index is 0.340. The number of anilines is 1. The molecule has 4 heteroatoms. The van der Waals surface area contributed by atoms with Crippen LogP contribution in [0.4, 0.5) is 5.82 Å². The van der Waals surface area contributed by atoms with E-state index in [0.29, 0.717) is 17.9 Å². The van der Waals surface area contributed by atoms with Gasteiger partial charge in [-0.1, -0.05) is 27.7 Å². The molecule has 0 aliphatic carbocycles. The molecule has 0 aromatic carbocycles. The van der Waals surface area contributed by atoms with E-state index in [2.05, 4.69) is 65.8 Å². The van der Waals surface area contributed by atoms with Gasteiger partial charge in [0.15, 0.2) is 0 Å². The third-order valence-corrected chi connectivity index (χ3v) is 3.01. The number of hydrogen-bond acceptors (Lipinski definition) is 3. The second kappa shape index (κ2) is 5.62. The highest BCUT2D eigenvalue weighted by molar-refractivity contribution is 9.10. The maximum Gasteiger partial charge on any atom is 0.134 e. The molecule has 0 amide bonds. The van der Waals surface area contributed by atoms with Gasteiger partial charge in [-0.05, 0) is 28.8 Å². The summed E-state index contributed by atoms with van der Waals surface area (Å²) in [6.45, 7) is 10.7. The lowest BCUT2D eigenvalue weighted by atomic mass is 10.1. The van der Waals surface area contributed by atoms with Crippen molar-refractivity contribution in [1.29, 1.82) is 0 Å². The zero-order chi connectivity index (χ0) is 12.3. The smallest absolute Gasteiger partial charge is 0.134 e. The number of nitrogens with zero attached hydrogens (tertiary/aromatic N) is 2. The van der Waals surface area contributed by atoms with Crippen LogP contribution in [0.5, 0.6) is 0 Å². The molecule has 3 nitrogen and oxygen atoms in total. The van der Waals surface area contributed by atoms with Crippen LogP contribution < -0.4 is 5.32 Å². The van der Waals surface area contributed by atoms with Gasteiger partial charge in [0.05, 0.1) is 0 Å². The second-order valence-corrected chi connectivity index (χ2v) is 5.58. The Hall–Kier alpha value is -0.640. The van der Waals surface area contributed by atoms with Crippen molar-refractivity contribution in [2.24, 2.45) is 5.92 Å². The van der Waals surface area contributed by atoms with Gasteiger partial charge in [0.1, 0.15) is 16.2 Å². The van der Waals surface area contributed by atoms with E-state index in [9.17, 15) is 0 Å². The Morgan fingerprint density at radius 2 is 1.75 bits per heavy atom. The lowest BCUT2D eigenvalue weighted by Crippen LogP contribution is -2.22. The fourth-order valence-corrected chi connectivity index (χ4v) is 1.57. The van der Waals surface area contributed by atoms with Crippen molar-refractivity contribution in [2.45, 2.75) is 46.6 Å². The van der Waals surface area contributed by atoms with Gasteiger partial charge in [-0.3, -0.25) is 0 Å². The standard InChI is InChI=1S/C12H20BrN3/c1-7(2)9(5)14-11-6-10(13)15-12(16-11)8(3)4/h6-9H,1-5H3,(H,14,15,16). The maximum absolute atomic E-state index is 4.50. The van der Waals surface area contributed by atoms with Crippen molar-refractivity contribution in [3.8, 4) is 0 Å². The van der Waals surface area contributed by atoms with Crippen LogP contribution >= 0.6 is 15.9 Å². The van der Waals surface area contributed by atoms with Crippen molar-refractivity contribution in [3.63, 3.8) is 0 Å². The average molecular weight is 286 g/mol. The average Bonchev–Trinajstić information content (AvgIpc) is 2.16. The molecule has 1 atom stereocenters. The van der Waals surface area contributed by atoms with Crippen LogP contribution in [-0.4, -0.2) is 16.0 Å². The van der Waals surface area contributed by atoms with Gasteiger partial charge in [-0.2, -0.15) is 0 Å². The molecule has 0 fully saturated rings. The van der Waals surface area contributed by atoms with Gasteiger partial charge in [-0.25, -0.2) is 9.97 Å². The third kappa shape index (κ3) is 3.74. The van der Waals surface area contributed by atoms with Gasteiger partial charge in [-0.15, -0.1) is 0 Å². The molecular formula is C12H20BrN3. The monoisotopic (exact) mass is 285 g/mol. The molecule has 0 radical (unpaired) electrons. The summed E-state index contributed by atoms with van der Waals surface area (Å²) in [4.78, 5) is 8.85. The van der Waals surface area contributed by atoms with Gasteiger partial charge >= 0.3 is 0 Å². The lowest BCUT2D eigenvalue weighted by molar-refractivity contribution is 0.557. The predicted octanol–water partition coefficient (Wildman–Crippen LogP) is 3.82. The lowest BCUT2D eigenvalue weighted by Gasteiger charge is -2.18. The van der Waals surface area contributed by atoms with Gasteiger partial charge in [0, 0.05) is 18.0 Å². The quantitative estimate of drug-likeness (QED) is 0.855. The van der Waals surface area contributed by atoms with E-state index in [1.165, 1.54) is 0 Å². The molecule has 0 saturated carbocycles. The zero-order valence-electron chi connectivity index (χ0n) is 10.6. The first-order chi connectivity index (χ1) is 7.40. The van der Waals surface area contributed by atoms with Crippen LogP contribution in [0.2, 0.25) is 0 Å². The molecule has 1 heterocycles.